The van der Waals surface area contributed by atoms with Crippen molar-refractivity contribution in [2.24, 2.45) is 13.0 Å². The number of rotatable bonds is 6. The standard InChI is InChI=1S/C20H26N4O5/c1-4-28-20(27)14-7-10-24(11-8-14)19(26)13(2)21-18(25)15-12-17(29-22-15)16-6-5-9-23(16)3/h5-6,9,12-14H,4,7-8,10-11H2,1-3H3,(H,21,25). The normalized spacial score (nSPS) is 15.8. The van der Waals surface area contributed by atoms with Crippen LogP contribution in [-0.2, 0) is 21.4 Å². The Bertz CT molecular complexity index is 879. The Morgan fingerprint density at radius 1 is 1.34 bits per heavy atom. The minimum Gasteiger partial charge on any atom is -0.466 e. The highest BCUT2D eigenvalue weighted by atomic mass is 16.5. The van der Waals surface area contributed by atoms with Crippen molar-refractivity contribution in [3.63, 3.8) is 0 Å². The molecule has 29 heavy (non-hydrogen) atoms. The van der Waals surface area contributed by atoms with Crippen LogP contribution < -0.4 is 5.32 Å². The van der Waals surface area contributed by atoms with E-state index >= 15 is 0 Å². The molecule has 1 aliphatic rings. The average molecular weight is 402 g/mol. The van der Waals surface area contributed by atoms with Crippen molar-refractivity contribution in [3.8, 4) is 11.5 Å². The molecule has 0 bridgehead atoms. The highest BCUT2D eigenvalue weighted by Gasteiger charge is 2.31. The van der Waals surface area contributed by atoms with Crippen LogP contribution in [0.1, 0.15) is 37.2 Å². The molecule has 1 aliphatic heterocycles. The number of nitrogens with one attached hydrogen (secondary N) is 1. The number of amides is 2. The number of ether oxygens (including phenoxy) is 1. The summed E-state index contributed by atoms with van der Waals surface area (Å²) in [6.45, 7) is 4.69. The molecule has 1 fully saturated rings. The zero-order chi connectivity index (χ0) is 21.0. The smallest absolute Gasteiger partial charge is 0.309 e. The van der Waals surface area contributed by atoms with E-state index in [2.05, 4.69) is 10.5 Å². The van der Waals surface area contributed by atoms with Crippen molar-refractivity contribution in [2.75, 3.05) is 19.7 Å². The number of piperidine rings is 1. The molecular formula is C20H26N4O5. The summed E-state index contributed by atoms with van der Waals surface area (Å²) < 4.78 is 12.2. The molecule has 0 saturated carbocycles. The van der Waals surface area contributed by atoms with E-state index in [4.69, 9.17) is 9.26 Å². The fraction of sp³-hybridized carbons (Fsp3) is 0.500. The molecule has 1 unspecified atom stereocenters. The quantitative estimate of drug-likeness (QED) is 0.736. The number of nitrogens with zero attached hydrogens (tertiary/aromatic N) is 3. The first-order chi connectivity index (χ1) is 13.9. The number of carbonyl (C=O) groups is 3. The third-order valence-electron chi connectivity index (χ3n) is 5.08. The monoisotopic (exact) mass is 402 g/mol. The lowest BCUT2D eigenvalue weighted by Crippen LogP contribution is -2.50. The highest BCUT2D eigenvalue weighted by molar-refractivity contribution is 5.96. The second-order valence-corrected chi connectivity index (χ2v) is 7.13. The van der Waals surface area contributed by atoms with Gasteiger partial charge in [-0.3, -0.25) is 14.4 Å². The summed E-state index contributed by atoms with van der Waals surface area (Å²) in [5.74, 6) is -0.568. The Labute approximate surface area is 169 Å². The van der Waals surface area contributed by atoms with Gasteiger partial charge in [-0.1, -0.05) is 5.16 Å². The summed E-state index contributed by atoms with van der Waals surface area (Å²) in [6.07, 6.45) is 2.99. The van der Waals surface area contributed by atoms with E-state index in [0.717, 1.165) is 5.69 Å². The Balaban J connectivity index is 1.54. The number of aryl methyl sites for hydroxylation is 1. The number of hydrogen-bond acceptors (Lipinski definition) is 6. The fourth-order valence-electron chi connectivity index (χ4n) is 3.42. The molecule has 0 spiro atoms. The van der Waals surface area contributed by atoms with Crippen LogP contribution in [0.15, 0.2) is 28.9 Å². The van der Waals surface area contributed by atoms with E-state index in [1.165, 1.54) is 0 Å². The maximum absolute atomic E-state index is 12.7. The summed E-state index contributed by atoms with van der Waals surface area (Å²) in [6, 6.07) is 4.56. The first kappa shape index (κ1) is 20.6. The van der Waals surface area contributed by atoms with Gasteiger partial charge in [0.1, 0.15) is 6.04 Å². The van der Waals surface area contributed by atoms with Crippen LogP contribution >= 0.6 is 0 Å². The van der Waals surface area contributed by atoms with E-state index in [0.29, 0.717) is 38.3 Å². The molecule has 2 aromatic rings. The Morgan fingerprint density at radius 2 is 2.07 bits per heavy atom. The molecule has 2 aromatic heterocycles. The number of aromatic nitrogens is 2. The molecule has 0 radical (unpaired) electrons. The minimum absolute atomic E-state index is 0.113. The zero-order valence-electron chi connectivity index (χ0n) is 16.9. The minimum atomic E-state index is -0.711. The maximum atomic E-state index is 12.7. The summed E-state index contributed by atoms with van der Waals surface area (Å²) in [5, 5.41) is 6.48. The fourth-order valence-corrected chi connectivity index (χ4v) is 3.42. The SMILES string of the molecule is CCOC(=O)C1CCN(C(=O)C(C)NC(=O)c2cc(-c3cccn3C)on2)CC1. The number of carbonyl (C=O) groups excluding carboxylic acids is 3. The Morgan fingerprint density at radius 3 is 2.69 bits per heavy atom. The van der Waals surface area contributed by atoms with Gasteiger partial charge in [0.15, 0.2) is 11.5 Å². The van der Waals surface area contributed by atoms with Gasteiger partial charge in [0.25, 0.3) is 5.91 Å². The number of hydrogen-bond donors (Lipinski definition) is 1. The van der Waals surface area contributed by atoms with E-state index < -0.39 is 11.9 Å². The van der Waals surface area contributed by atoms with Gasteiger partial charge in [0, 0.05) is 32.4 Å². The van der Waals surface area contributed by atoms with Crippen molar-refractivity contribution < 1.29 is 23.6 Å². The molecule has 3 heterocycles. The van der Waals surface area contributed by atoms with E-state index in [9.17, 15) is 14.4 Å². The third-order valence-corrected chi connectivity index (χ3v) is 5.08. The molecule has 9 nitrogen and oxygen atoms in total. The van der Waals surface area contributed by atoms with Gasteiger partial charge in [-0.25, -0.2) is 0 Å². The Kier molecular flexibility index (Phi) is 6.36. The van der Waals surface area contributed by atoms with E-state index in [1.54, 1.807) is 24.8 Å². The zero-order valence-corrected chi connectivity index (χ0v) is 16.9. The number of likely N-dealkylation sites (tertiary alicyclic amines) is 1. The van der Waals surface area contributed by atoms with Gasteiger partial charge in [0.05, 0.1) is 18.2 Å². The summed E-state index contributed by atoms with van der Waals surface area (Å²) in [4.78, 5) is 38.6. The molecule has 1 saturated heterocycles. The van der Waals surface area contributed by atoms with E-state index in [1.807, 2.05) is 29.9 Å². The van der Waals surface area contributed by atoms with Crippen LogP contribution in [0.4, 0.5) is 0 Å². The van der Waals surface area contributed by atoms with Crippen LogP contribution in [0.25, 0.3) is 11.5 Å². The largest absolute Gasteiger partial charge is 0.466 e. The van der Waals surface area contributed by atoms with Crippen molar-refractivity contribution >= 4 is 17.8 Å². The van der Waals surface area contributed by atoms with Crippen molar-refractivity contribution in [2.45, 2.75) is 32.7 Å². The van der Waals surface area contributed by atoms with Gasteiger partial charge in [-0.05, 0) is 38.8 Å². The van der Waals surface area contributed by atoms with Crippen LogP contribution in [0, 0.1) is 5.92 Å². The molecule has 156 valence electrons. The average Bonchev–Trinajstić information content (AvgIpc) is 3.36. The van der Waals surface area contributed by atoms with Crippen LogP contribution in [0.2, 0.25) is 0 Å². The topological polar surface area (TPSA) is 107 Å². The highest BCUT2D eigenvalue weighted by Crippen LogP contribution is 2.21. The second-order valence-electron chi connectivity index (χ2n) is 7.13. The van der Waals surface area contributed by atoms with Gasteiger partial charge in [0.2, 0.25) is 5.91 Å². The van der Waals surface area contributed by atoms with Crippen LogP contribution in [0.5, 0.6) is 0 Å². The third kappa shape index (κ3) is 4.67. The Hall–Kier alpha value is -3.10. The number of esters is 1. The molecule has 2 amide bonds. The summed E-state index contributed by atoms with van der Waals surface area (Å²) in [7, 11) is 1.86. The lowest BCUT2D eigenvalue weighted by Gasteiger charge is -2.32. The van der Waals surface area contributed by atoms with Gasteiger partial charge >= 0.3 is 5.97 Å². The molecule has 1 N–H and O–H groups in total. The molecule has 9 heteroatoms. The predicted molar refractivity (Wildman–Crippen MR) is 104 cm³/mol. The maximum Gasteiger partial charge on any atom is 0.309 e. The van der Waals surface area contributed by atoms with Crippen LogP contribution in [0.3, 0.4) is 0 Å². The van der Waals surface area contributed by atoms with Crippen LogP contribution in [-0.4, -0.2) is 58.1 Å². The lowest BCUT2D eigenvalue weighted by atomic mass is 9.96. The molecular weight excluding hydrogens is 376 g/mol. The molecule has 0 aliphatic carbocycles. The molecule has 0 aromatic carbocycles. The second kappa shape index (κ2) is 8.93. The molecule has 3 rings (SSSR count). The first-order valence-corrected chi connectivity index (χ1v) is 9.75. The van der Waals surface area contributed by atoms with Gasteiger partial charge < -0.3 is 24.0 Å². The summed E-state index contributed by atoms with van der Waals surface area (Å²) >= 11 is 0. The van der Waals surface area contributed by atoms with Gasteiger partial charge in [-0.2, -0.15) is 0 Å². The van der Waals surface area contributed by atoms with E-state index in [-0.39, 0.29) is 23.5 Å². The lowest BCUT2D eigenvalue weighted by molar-refractivity contribution is -0.151. The van der Waals surface area contributed by atoms with Crippen molar-refractivity contribution in [3.05, 3.63) is 30.1 Å². The van der Waals surface area contributed by atoms with Gasteiger partial charge in [-0.15, -0.1) is 0 Å². The molecule has 1 atom stereocenters. The first-order valence-electron chi connectivity index (χ1n) is 9.75. The van der Waals surface area contributed by atoms with Crippen molar-refractivity contribution in [1.82, 2.24) is 19.9 Å². The van der Waals surface area contributed by atoms with Crippen molar-refractivity contribution in [1.29, 1.82) is 0 Å². The summed E-state index contributed by atoms with van der Waals surface area (Å²) in [5.41, 5.74) is 0.909. The predicted octanol–water partition coefficient (Wildman–Crippen LogP) is 1.60.